The summed E-state index contributed by atoms with van der Waals surface area (Å²) in [6, 6.07) is 8.67. The van der Waals surface area contributed by atoms with Gasteiger partial charge in [0.1, 0.15) is 0 Å². The number of aromatic nitrogens is 2. The summed E-state index contributed by atoms with van der Waals surface area (Å²) in [4.78, 5) is 33.6. The number of nitrogen functional groups attached to an aromatic ring is 1. The third-order valence-corrected chi connectivity index (χ3v) is 7.20. The van der Waals surface area contributed by atoms with Gasteiger partial charge >= 0.3 is 12.3 Å². The largest absolute Gasteiger partial charge is 0.465 e. The number of halogens is 3. The number of carboxylic acid groups (broad SMARTS) is 1. The number of pyridine rings is 2. The second kappa shape index (κ2) is 10.7. The molecule has 5 rings (SSSR count). The highest BCUT2D eigenvalue weighted by Gasteiger charge is 2.50. The standard InChI is InChI=1S/C27H27F3N6O4/c28-27(29,30)18-11-26(14-33-12-18,36-25(38)39)19-3-6-32-13-22(19)35-24(37)23-20(31)9-17-2-1-16(10-21(17)34-23)15-4-7-40-8-5-15/h1-4,6,9-10,13,18,33,36H,5,7-8,11-12,14,31H2,(H,35,37)(H,38,39)/t18-,26-/m1/s1. The zero-order valence-corrected chi connectivity index (χ0v) is 21.2. The number of rotatable bonds is 5. The molecule has 0 spiro atoms. The Hall–Kier alpha value is -4.23. The van der Waals surface area contributed by atoms with Gasteiger partial charge in [-0.1, -0.05) is 18.2 Å². The lowest BCUT2D eigenvalue weighted by molar-refractivity contribution is -0.184. The molecule has 3 aromatic rings. The number of nitrogens with one attached hydrogen (secondary N) is 3. The number of nitrogens with zero attached hydrogens (tertiary/aromatic N) is 2. The Labute approximate surface area is 226 Å². The van der Waals surface area contributed by atoms with E-state index in [0.717, 1.165) is 22.9 Å². The van der Waals surface area contributed by atoms with E-state index in [4.69, 9.17) is 10.5 Å². The molecule has 10 nitrogen and oxygen atoms in total. The van der Waals surface area contributed by atoms with Crippen LogP contribution in [0.3, 0.4) is 0 Å². The molecule has 13 heteroatoms. The number of benzene rings is 1. The van der Waals surface area contributed by atoms with Crippen LogP contribution in [0.5, 0.6) is 0 Å². The molecule has 0 saturated carbocycles. The van der Waals surface area contributed by atoms with Crippen LogP contribution in [0.2, 0.25) is 0 Å². The Balaban J connectivity index is 1.49. The molecule has 2 aliphatic rings. The highest BCUT2D eigenvalue weighted by atomic mass is 19.4. The minimum atomic E-state index is -4.56. The summed E-state index contributed by atoms with van der Waals surface area (Å²) in [7, 11) is 0. The zero-order valence-electron chi connectivity index (χ0n) is 21.2. The van der Waals surface area contributed by atoms with Gasteiger partial charge in [-0.25, -0.2) is 9.78 Å². The molecule has 0 aliphatic carbocycles. The van der Waals surface area contributed by atoms with Crippen LogP contribution in [0.25, 0.3) is 16.5 Å². The van der Waals surface area contributed by atoms with Crippen molar-refractivity contribution in [1.82, 2.24) is 20.6 Å². The lowest BCUT2D eigenvalue weighted by Gasteiger charge is -2.42. The number of ether oxygens (including phenoxy) is 1. The topological polar surface area (TPSA) is 151 Å². The highest BCUT2D eigenvalue weighted by Crippen LogP contribution is 2.41. The molecule has 40 heavy (non-hydrogen) atoms. The SMILES string of the molecule is Nc1cc2ccc(C3=CCOCC3)cc2nc1C(=O)Nc1cnccc1[C@]1(NC(=O)O)CNC[C@H](C(F)(F)F)C1. The van der Waals surface area contributed by atoms with Crippen LogP contribution in [-0.2, 0) is 10.3 Å². The molecular formula is C27H27F3N6O4. The molecular weight excluding hydrogens is 529 g/mol. The lowest BCUT2D eigenvalue weighted by atomic mass is 9.77. The molecule has 2 aliphatic heterocycles. The van der Waals surface area contributed by atoms with Gasteiger partial charge in [-0.2, -0.15) is 13.2 Å². The van der Waals surface area contributed by atoms with Crippen molar-refractivity contribution in [3.05, 3.63) is 65.6 Å². The number of piperidine rings is 1. The first-order chi connectivity index (χ1) is 19.1. The lowest BCUT2D eigenvalue weighted by Crippen LogP contribution is -2.59. The van der Waals surface area contributed by atoms with Crippen molar-refractivity contribution >= 4 is 39.9 Å². The van der Waals surface area contributed by atoms with Crippen LogP contribution in [0.4, 0.5) is 29.3 Å². The zero-order chi connectivity index (χ0) is 28.5. The van der Waals surface area contributed by atoms with Gasteiger partial charge in [-0.05, 0) is 42.2 Å². The molecule has 2 atom stereocenters. The fourth-order valence-electron chi connectivity index (χ4n) is 5.28. The summed E-state index contributed by atoms with van der Waals surface area (Å²) in [6.45, 7) is 0.639. The number of hydrogen-bond acceptors (Lipinski definition) is 7. The first kappa shape index (κ1) is 27.3. The van der Waals surface area contributed by atoms with Gasteiger partial charge in [0.25, 0.3) is 5.91 Å². The van der Waals surface area contributed by atoms with Gasteiger partial charge in [0.15, 0.2) is 5.69 Å². The van der Waals surface area contributed by atoms with Crippen LogP contribution in [0.1, 0.15) is 34.5 Å². The van der Waals surface area contributed by atoms with Crippen LogP contribution in [0.15, 0.2) is 48.8 Å². The maximum atomic E-state index is 13.7. The monoisotopic (exact) mass is 556 g/mol. The molecule has 210 valence electrons. The van der Waals surface area contributed by atoms with Crippen LogP contribution in [-0.4, -0.2) is 59.6 Å². The number of fused-ring (bicyclic) bond motifs is 1. The van der Waals surface area contributed by atoms with Crippen LogP contribution < -0.4 is 21.7 Å². The normalized spacial score (nSPS) is 21.5. The third-order valence-electron chi connectivity index (χ3n) is 7.20. The van der Waals surface area contributed by atoms with Crippen molar-refractivity contribution in [2.24, 2.45) is 5.92 Å². The second-order valence-electron chi connectivity index (χ2n) is 9.85. The Morgan fingerprint density at radius 3 is 2.77 bits per heavy atom. The Bertz CT molecular complexity index is 1490. The van der Waals surface area contributed by atoms with E-state index < -0.39 is 36.1 Å². The van der Waals surface area contributed by atoms with E-state index in [1.165, 1.54) is 18.5 Å². The quantitative estimate of drug-likeness (QED) is 0.317. The first-order valence-corrected chi connectivity index (χ1v) is 12.6. The predicted molar refractivity (Wildman–Crippen MR) is 142 cm³/mol. The van der Waals surface area contributed by atoms with Gasteiger partial charge in [-0.15, -0.1) is 0 Å². The number of amides is 2. The minimum Gasteiger partial charge on any atom is -0.465 e. The Morgan fingerprint density at radius 1 is 1.23 bits per heavy atom. The number of anilines is 2. The van der Waals surface area contributed by atoms with Crippen molar-refractivity contribution < 1.29 is 32.6 Å². The molecule has 0 radical (unpaired) electrons. The van der Waals surface area contributed by atoms with E-state index >= 15 is 0 Å². The molecule has 0 bridgehead atoms. The van der Waals surface area contributed by atoms with Gasteiger partial charge in [0.05, 0.1) is 47.8 Å². The van der Waals surface area contributed by atoms with Crippen molar-refractivity contribution in [3.63, 3.8) is 0 Å². The number of alkyl halides is 3. The molecule has 2 amide bonds. The van der Waals surface area contributed by atoms with Crippen molar-refractivity contribution in [3.8, 4) is 0 Å². The summed E-state index contributed by atoms with van der Waals surface area (Å²) in [5.41, 5.74) is 7.24. The summed E-state index contributed by atoms with van der Waals surface area (Å²) in [5, 5.41) is 17.8. The number of carbonyl (C=O) groups excluding carboxylic acids is 1. The van der Waals surface area contributed by atoms with Gasteiger partial charge < -0.3 is 31.5 Å². The fourth-order valence-corrected chi connectivity index (χ4v) is 5.28. The van der Waals surface area contributed by atoms with Gasteiger partial charge in [-0.3, -0.25) is 9.78 Å². The first-order valence-electron chi connectivity index (χ1n) is 12.6. The van der Waals surface area contributed by atoms with Gasteiger partial charge in [0, 0.05) is 30.2 Å². The predicted octanol–water partition coefficient (Wildman–Crippen LogP) is 3.90. The molecule has 1 aromatic carbocycles. The molecule has 1 saturated heterocycles. The molecule has 6 N–H and O–H groups in total. The van der Waals surface area contributed by atoms with E-state index in [1.54, 1.807) is 6.07 Å². The number of nitrogens with two attached hydrogens (primary N) is 1. The Morgan fingerprint density at radius 2 is 2.05 bits per heavy atom. The smallest absolute Gasteiger partial charge is 0.405 e. The van der Waals surface area contributed by atoms with E-state index in [2.05, 4.69) is 25.9 Å². The van der Waals surface area contributed by atoms with Crippen LogP contribution in [0, 0.1) is 5.92 Å². The second-order valence-corrected chi connectivity index (χ2v) is 9.85. The molecule has 2 aromatic heterocycles. The average molecular weight is 557 g/mol. The van der Waals surface area contributed by atoms with E-state index in [1.807, 2.05) is 24.3 Å². The molecule has 4 heterocycles. The molecule has 0 unspecified atom stereocenters. The fraction of sp³-hybridized carbons (Fsp3) is 0.333. The summed E-state index contributed by atoms with van der Waals surface area (Å²) < 4.78 is 46.4. The number of carbonyl (C=O) groups is 2. The van der Waals surface area contributed by atoms with Crippen molar-refractivity contribution in [1.29, 1.82) is 0 Å². The highest BCUT2D eigenvalue weighted by molar-refractivity contribution is 6.08. The van der Waals surface area contributed by atoms with Crippen LogP contribution >= 0.6 is 0 Å². The average Bonchev–Trinajstić information content (AvgIpc) is 2.92. The van der Waals surface area contributed by atoms with E-state index in [9.17, 15) is 27.9 Å². The Kier molecular flexibility index (Phi) is 7.34. The maximum Gasteiger partial charge on any atom is 0.405 e. The van der Waals surface area contributed by atoms with Crippen molar-refractivity contribution in [2.75, 3.05) is 37.4 Å². The van der Waals surface area contributed by atoms with Crippen molar-refractivity contribution in [2.45, 2.75) is 24.6 Å². The summed E-state index contributed by atoms with van der Waals surface area (Å²) in [5.74, 6) is -2.53. The van der Waals surface area contributed by atoms with E-state index in [0.29, 0.717) is 18.7 Å². The minimum absolute atomic E-state index is 0.0354. The number of hydrogen-bond donors (Lipinski definition) is 5. The summed E-state index contributed by atoms with van der Waals surface area (Å²) >= 11 is 0. The van der Waals surface area contributed by atoms with Gasteiger partial charge in [0.2, 0.25) is 0 Å². The third kappa shape index (κ3) is 5.56. The molecule has 1 fully saturated rings. The maximum absolute atomic E-state index is 13.7. The van der Waals surface area contributed by atoms with E-state index in [-0.39, 0.29) is 35.7 Å². The summed E-state index contributed by atoms with van der Waals surface area (Å²) in [6.07, 6.45) is -1.32.